The van der Waals surface area contributed by atoms with Gasteiger partial charge in [0.1, 0.15) is 12.4 Å². The second-order valence-electron chi connectivity index (χ2n) is 9.77. The second kappa shape index (κ2) is 6.49. The van der Waals surface area contributed by atoms with Crippen molar-refractivity contribution in [3.63, 3.8) is 0 Å². The average Bonchev–Trinajstić information content (AvgIpc) is 3.42. The highest BCUT2D eigenvalue weighted by Gasteiger charge is 2.59. The lowest BCUT2D eigenvalue weighted by Gasteiger charge is -2.52. The monoisotopic (exact) mass is 380 g/mol. The molecule has 0 aromatic heterocycles. The fraction of sp³-hybridized carbons (Fsp3) is 0.500. The Morgan fingerprint density at radius 2 is 1.70 bits per heavy atom. The molecule has 0 saturated heterocycles. The van der Waals surface area contributed by atoms with Gasteiger partial charge in [-0.1, -0.05) is 63.2 Å². The quantitative estimate of drug-likeness (QED) is 0.536. The molecular formula is C24H32O2Si. The number of benzene rings is 2. The van der Waals surface area contributed by atoms with E-state index in [-0.39, 0.29) is 10.6 Å². The van der Waals surface area contributed by atoms with Crippen molar-refractivity contribution in [3.05, 3.63) is 65.2 Å². The average molecular weight is 381 g/mol. The molecule has 2 aromatic carbocycles. The summed E-state index contributed by atoms with van der Waals surface area (Å²) in [5.41, 5.74) is 3.84. The lowest BCUT2D eigenvalue weighted by Crippen LogP contribution is -2.54. The fourth-order valence-electron chi connectivity index (χ4n) is 4.00. The van der Waals surface area contributed by atoms with Gasteiger partial charge in [0.2, 0.25) is 0 Å². The van der Waals surface area contributed by atoms with Gasteiger partial charge in [-0.25, -0.2) is 0 Å². The fourth-order valence-corrected chi connectivity index (χ4v) is 5.56. The maximum Gasteiger partial charge on any atom is 0.193 e. The Kier molecular flexibility index (Phi) is 4.51. The van der Waals surface area contributed by atoms with E-state index in [2.05, 4.69) is 76.3 Å². The molecule has 0 heterocycles. The highest BCUT2D eigenvalue weighted by Crippen LogP contribution is 2.61. The van der Waals surface area contributed by atoms with Crippen LogP contribution in [0.2, 0.25) is 18.1 Å². The van der Waals surface area contributed by atoms with Gasteiger partial charge >= 0.3 is 0 Å². The molecule has 0 amide bonds. The van der Waals surface area contributed by atoms with Gasteiger partial charge in [-0.3, -0.25) is 0 Å². The molecule has 0 N–H and O–H groups in total. The summed E-state index contributed by atoms with van der Waals surface area (Å²) in [5, 5.41) is 0.213. The van der Waals surface area contributed by atoms with E-state index < -0.39 is 8.32 Å². The van der Waals surface area contributed by atoms with Gasteiger partial charge in [-0.15, -0.1) is 0 Å². The Morgan fingerprint density at radius 1 is 1.00 bits per heavy atom. The van der Waals surface area contributed by atoms with Crippen LogP contribution in [0.4, 0.5) is 0 Å². The zero-order valence-corrected chi connectivity index (χ0v) is 18.3. The van der Waals surface area contributed by atoms with E-state index in [1.165, 1.54) is 29.5 Å². The van der Waals surface area contributed by atoms with Gasteiger partial charge in [0.15, 0.2) is 8.32 Å². The highest BCUT2D eigenvalue weighted by atomic mass is 28.4. The molecule has 1 fully saturated rings. The first-order valence-electron chi connectivity index (χ1n) is 10.2. The molecule has 0 radical (unpaired) electrons. The Hall–Kier alpha value is -1.58. The third kappa shape index (κ3) is 3.36. The van der Waals surface area contributed by atoms with E-state index in [9.17, 15) is 0 Å². The van der Waals surface area contributed by atoms with E-state index >= 15 is 0 Å². The third-order valence-corrected chi connectivity index (χ3v) is 11.2. The molecule has 0 bridgehead atoms. The van der Waals surface area contributed by atoms with Crippen molar-refractivity contribution in [3.8, 4) is 5.75 Å². The van der Waals surface area contributed by atoms with Crippen LogP contribution in [0.5, 0.6) is 5.75 Å². The molecule has 1 unspecified atom stereocenters. The molecule has 1 saturated carbocycles. The minimum atomic E-state index is -1.87. The zero-order valence-electron chi connectivity index (χ0n) is 17.3. The zero-order chi connectivity index (χ0) is 19.3. The summed E-state index contributed by atoms with van der Waals surface area (Å²) in [6, 6.07) is 16.9. The van der Waals surface area contributed by atoms with E-state index in [0.717, 1.165) is 12.2 Å². The second-order valence-corrected chi connectivity index (χ2v) is 14.5. The standard InChI is InChI=1S/C24H32O2Si/c1-23(2,3)27(4,5)26-24(20-14-15-20)16-19-12-9-13-21(22(19)24)25-17-18-10-7-6-8-11-18/h6-13,20H,14-17H2,1-5H3. The van der Waals surface area contributed by atoms with Crippen molar-refractivity contribution in [1.82, 2.24) is 0 Å². The van der Waals surface area contributed by atoms with Crippen molar-refractivity contribution >= 4 is 8.32 Å². The van der Waals surface area contributed by atoms with Crippen LogP contribution in [0.25, 0.3) is 0 Å². The van der Waals surface area contributed by atoms with Crippen molar-refractivity contribution in [2.45, 2.75) is 70.4 Å². The van der Waals surface area contributed by atoms with Crippen molar-refractivity contribution in [1.29, 1.82) is 0 Å². The number of hydrogen-bond acceptors (Lipinski definition) is 2. The van der Waals surface area contributed by atoms with E-state index in [1.807, 2.05) is 6.07 Å². The normalized spacial score (nSPS) is 22.1. The number of fused-ring (bicyclic) bond motifs is 1. The number of ether oxygens (including phenoxy) is 1. The third-order valence-electron chi connectivity index (χ3n) is 6.71. The largest absolute Gasteiger partial charge is 0.489 e. The molecule has 4 rings (SSSR count). The smallest absolute Gasteiger partial charge is 0.193 e. The first-order valence-corrected chi connectivity index (χ1v) is 13.1. The van der Waals surface area contributed by atoms with Crippen LogP contribution in [0, 0.1) is 5.92 Å². The maximum atomic E-state index is 7.13. The van der Waals surface area contributed by atoms with E-state index in [0.29, 0.717) is 12.5 Å². The Bertz CT molecular complexity index is 818. The van der Waals surface area contributed by atoms with E-state index in [1.54, 1.807) is 0 Å². The van der Waals surface area contributed by atoms with Crippen LogP contribution < -0.4 is 4.74 Å². The van der Waals surface area contributed by atoms with Gasteiger partial charge in [0.05, 0.1) is 5.60 Å². The van der Waals surface area contributed by atoms with Crippen LogP contribution in [0.3, 0.4) is 0 Å². The number of rotatable bonds is 6. The van der Waals surface area contributed by atoms with Crippen molar-refractivity contribution in [2.24, 2.45) is 5.92 Å². The Balaban J connectivity index is 1.64. The predicted octanol–water partition coefficient (Wildman–Crippen LogP) is 6.45. The van der Waals surface area contributed by atoms with Crippen LogP contribution >= 0.6 is 0 Å². The van der Waals surface area contributed by atoms with E-state index in [4.69, 9.17) is 9.16 Å². The maximum absolute atomic E-state index is 7.13. The molecule has 2 aliphatic carbocycles. The first kappa shape index (κ1) is 18.8. The molecule has 1 atom stereocenters. The summed E-state index contributed by atoms with van der Waals surface area (Å²) in [6.45, 7) is 12.4. The molecule has 27 heavy (non-hydrogen) atoms. The summed E-state index contributed by atoms with van der Waals surface area (Å²) in [6.07, 6.45) is 3.60. The molecule has 2 nitrogen and oxygen atoms in total. The SMILES string of the molecule is CC(C)(C)[Si](C)(C)OC1(C2CC2)Cc2cccc(OCc3ccccc3)c21. The lowest BCUT2D eigenvalue weighted by atomic mass is 9.70. The van der Waals surface area contributed by atoms with Crippen LogP contribution in [0.1, 0.15) is 50.3 Å². The first-order chi connectivity index (χ1) is 12.7. The van der Waals surface area contributed by atoms with Gasteiger partial charge in [0, 0.05) is 12.0 Å². The van der Waals surface area contributed by atoms with Gasteiger partial charge in [-0.2, -0.15) is 0 Å². The Morgan fingerprint density at radius 3 is 2.33 bits per heavy atom. The lowest BCUT2D eigenvalue weighted by molar-refractivity contribution is -0.000197. The molecule has 2 aliphatic rings. The van der Waals surface area contributed by atoms with Crippen LogP contribution in [0.15, 0.2) is 48.5 Å². The van der Waals surface area contributed by atoms with Crippen molar-refractivity contribution in [2.75, 3.05) is 0 Å². The molecule has 144 valence electrons. The number of hydrogen-bond donors (Lipinski definition) is 0. The van der Waals surface area contributed by atoms with Crippen molar-refractivity contribution < 1.29 is 9.16 Å². The molecule has 2 aromatic rings. The van der Waals surface area contributed by atoms with Crippen LogP contribution in [-0.2, 0) is 23.1 Å². The van der Waals surface area contributed by atoms with Gasteiger partial charge in [0.25, 0.3) is 0 Å². The van der Waals surface area contributed by atoms with Gasteiger partial charge < -0.3 is 9.16 Å². The highest BCUT2D eigenvalue weighted by molar-refractivity contribution is 6.74. The van der Waals surface area contributed by atoms with Crippen LogP contribution in [-0.4, -0.2) is 8.32 Å². The van der Waals surface area contributed by atoms with Gasteiger partial charge in [-0.05, 0) is 54.1 Å². The summed E-state index contributed by atoms with van der Waals surface area (Å²) < 4.78 is 13.5. The predicted molar refractivity (Wildman–Crippen MR) is 114 cm³/mol. The molecule has 3 heteroatoms. The molecular weight excluding hydrogens is 348 g/mol. The topological polar surface area (TPSA) is 18.5 Å². The summed E-state index contributed by atoms with van der Waals surface area (Å²) in [4.78, 5) is 0. The Labute approximate surface area is 165 Å². The summed E-state index contributed by atoms with van der Waals surface area (Å²) >= 11 is 0. The summed E-state index contributed by atoms with van der Waals surface area (Å²) in [7, 11) is -1.87. The molecule has 0 spiro atoms. The molecule has 0 aliphatic heterocycles. The minimum Gasteiger partial charge on any atom is -0.489 e. The minimum absolute atomic E-state index is 0.119. The summed E-state index contributed by atoms with van der Waals surface area (Å²) in [5.74, 6) is 1.67.